The van der Waals surface area contributed by atoms with Gasteiger partial charge in [0.05, 0.1) is 6.61 Å². The van der Waals surface area contributed by atoms with Gasteiger partial charge in [-0.05, 0) is 35.2 Å². The smallest absolute Gasteiger partial charge is 0.317 e. The molecule has 0 saturated carbocycles. The minimum Gasteiger partial charge on any atom is -0.465 e. The molecule has 2 unspecified atom stereocenters. The molecule has 0 aliphatic carbocycles. The van der Waals surface area contributed by atoms with Gasteiger partial charge in [0.2, 0.25) is 0 Å². The molecule has 0 radical (unpaired) electrons. The van der Waals surface area contributed by atoms with Crippen LogP contribution in [0.15, 0.2) is 0 Å². The largest absolute Gasteiger partial charge is 0.465 e. The molecule has 3 nitrogen and oxygen atoms in total. The SMILES string of the molecule is CCOC(=O)C(C(C)=O)C(C)(C)C(Br)CC(Cl)(Cl)Br. The third-order valence-corrected chi connectivity index (χ3v) is 5.03. The van der Waals surface area contributed by atoms with E-state index >= 15 is 0 Å². The van der Waals surface area contributed by atoms with Crippen LogP contribution in [-0.4, -0.2) is 26.4 Å². The van der Waals surface area contributed by atoms with Gasteiger partial charge in [-0.3, -0.25) is 9.59 Å². The van der Waals surface area contributed by atoms with Crippen LogP contribution in [0.4, 0.5) is 0 Å². The lowest BCUT2D eigenvalue weighted by molar-refractivity contribution is -0.156. The summed E-state index contributed by atoms with van der Waals surface area (Å²) in [6.45, 7) is 6.93. The van der Waals surface area contributed by atoms with Gasteiger partial charge in [0.25, 0.3) is 0 Å². The molecule has 112 valence electrons. The first-order valence-electron chi connectivity index (χ1n) is 5.81. The number of carbonyl (C=O) groups is 2. The van der Waals surface area contributed by atoms with Gasteiger partial charge >= 0.3 is 5.97 Å². The zero-order valence-corrected chi connectivity index (χ0v) is 16.0. The van der Waals surface area contributed by atoms with Gasteiger partial charge in [0.1, 0.15) is 11.7 Å². The van der Waals surface area contributed by atoms with Crippen molar-refractivity contribution in [1.82, 2.24) is 0 Å². The first-order chi connectivity index (χ1) is 8.43. The molecule has 0 aliphatic rings. The van der Waals surface area contributed by atoms with E-state index in [1.165, 1.54) is 6.92 Å². The Balaban J connectivity index is 5.19. The van der Waals surface area contributed by atoms with E-state index in [9.17, 15) is 9.59 Å². The second kappa shape index (κ2) is 7.62. The van der Waals surface area contributed by atoms with Crippen molar-refractivity contribution in [1.29, 1.82) is 0 Å². The van der Waals surface area contributed by atoms with Crippen molar-refractivity contribution in [2.24, 2.45) is 11.3 Å². The topological polar surface area (TPSA) is 43.4 Å². The van der Waals surface area contributed by atoms with E-state index in [1.54, 1.807) is 6.92 Å². The number of esters is 1. The Hall–Kier alpha value is 0.680. The highest BCUT2D eigenvalue weighted by Crippen LogP contribution is 2.45. The number of hydrogen-bond acceptors (Lipinski definition) is 3. The monoisotopic (exact) mass is 438 g/mol. The van der Waals surface area contributed by atoms with Crippen LogP contribution in [0.1, 0.15) is 34.1 Å². The molecule has 0 aromatic rings. The summed E-state index contributed by atoms with van der Waals surface area (Å²) in [7, 11) is 0. The first kappa shape index (κ1) is 19.7. The Labute approximate surface area is 141 Å². The van der Waals surface area contributed by atoms with Crippen LogP contribution in [0.3, 0.4) is 0 Å². The van der Waals surface area contributed by atoms with Gasteiger partial charge in [-0.25, -0.2) is 0 Å². The molecule has 7 heteroatoms. The summed E-state index contributed by atoms with van der Waals surface area (Å²) < 4.78 is 3.86. The number of hydrogen-bond donors (Lipinski definition) is 0. The highest BCUT2D eigenvalue weighted by molar-refractivity contribution is 9.11. The summed E-state index contributed by atoms with van der Waals surface area (Å²) in [4.78, 5) is 23.5. The van der Waals surface area contributed by atoms with Crippen LogP contribution < -0.4 is 0 Å². The Bertz CT molecular complexity index is 340. The summed E-state index contributed by atoms with van der Waals surface area (Å²) >= 11 is 18.4. The predicted molar refractivity (Wildman–Crippen MR) is 85.3 cm³/mol. The van der Waals surface area contributed by atoms with Gasteiger partial charge in [-0.15, -0.1) is 0 Å². The normalized spacial score (nSPS) is 15.8. The number of ether oxygens (including phenoxy) is 1. The maximum atomic E-state index is 12.0. The minimum atomic E-state index is -1.12. The molecule has 0 bridgehead atoms. The quantitative estimate of drug-likeness (QED) is 0.333. The van der Waals surface area contributed by atoms with Crippen molar-refractivity contribution in [2.75, 3.05) is 6.61 Å². The van der Waals surface area contributed by atoms with Crippen LogP contribution in [0, 0.1) is 11.3 Å². The van der Waals surface area contributed by atoms with Gasteiger partial charge in [-0.2, -0.15) is 0 Å². The number of alkyl halides is 4. The predicted octanol–water partition coefficient (Wildman–Crippen LogP) is 4.46. The fourth-order valence-corrected chi connectivity index (χ4v) is 4.06. The van der Waals surface area contributed by atoms with Crippen molar-refractivity contribution in [3.05, 3.63) is 0 Å². The average Bonchev–Trinajstić information content (AvgIpc) is 2.13. The molecule has 0 rings (SSSR count). The summed E-state index contributed by atoms with van der Waals surface area (Å²) in [5, 5.41) is 0. The molecule has 0 aliphatic heterocycles. The standard InChI is InChI=1S/C12H18Br2Cl2O3/c1-5-19-10(18)9(7(2)17)11(3,4)8(13)6-12(14,15)16/h8-9H,5-6H2,1-4H3. The first-order valence-corrected chi connectivity index (χ1v) is 8.27. The molecule has 0 fully saturated rings. The lowest BCUT2D eigenvalue weighted by atomic mass is 9.73. The molecule has 0 spiro atoms. The highest BCUT2D eigenvalue weighted by atomic mass is 79.9. The Morgan fingerprint density at radius 1 is 1.32 bits per heavy atom. The number of rotatable bonds is 7. The van der Waals surface area contributed by atoms with Gasteiger partial charge < -0.3 is 4.74 Å². The van der Waals surface area contributed by atoms with Gasteiger partial charge in [-0.1, -0.05) is 53.0 Å². The summed E-state index contributed by atoms with van der Waals surface area (Å²) in [5.74, 6) is -1.62. The molecule has 2 atom stereocenters. The number of ketones is 1. The van der Waals surface area contributed by atoms with Crippen LogP contribution in [-0.2, 0) is 14.3 Å². The molecule has 0 aromatic heterocycles. The maximum absolute atomic E-state index is 12.0. The average molecular weight is 441 g/mol. The molecule has 0 N–H and O–H groups in total. The van der Waals surface area contributed by atoms with Crippen molar-refractivity contribution >= 4 is 66.8 Å². The number of carbonyl (C=O) groups excluding carboxylic acids is 2. The molecular formula is C12H18Br2Cl2O3. The Kier molecular flexibility index (Phi) is 7.89. The van der Waals surface area contributed by atoms with E-state index in [0.29, 0.717) is 6.42 Å². The third kappa shape index (κ3) is 6.32. The van der Waals surface area contributed by atoms with Crippen LogP contribution >= 0.6 is 55.1 Å². The molecule has 0 saturated heterocycles. The molecule has 19 heavy (non-hydrogen) atoms. The second-order valence-electron chi connectivity index (χ2n) is 4.90. The maximum Gasteiger partial charge on any atom is 0.317 e. The van der Waals surface area contributed by atoms with E-state index < -0.39 is 20.5 Å². The van der Waals surface area contributed by atoms with Crippen molar-refractivity contribution in [3.8, 4) is 0 Å². The van der Waals surface area contributed by atoms with Crippen molar-refractivity contribution < 1.29 is 14.3 Å². The Morgan fingerprint density at radius 3 is 2.11 bits per heavy atom. The van der Waals surface area contributed by atoms with E-state index in [-0.39, 0.29) is 17.2 Å². The van der Waals surface area contributed by atoms with E-state index in [0.717, 1.165) is 0 Å². The van der Waals surface area contributed by atoms with Crippen LogP contribution in [0.5, 0.6) is 0 Å². The molecule has 0 amide bonds. The number of Topliss-reactive ketones (excluding diaryl/α,β-unsaturated/α-hetero) is 1. The zero-order chi connectivity index (χ0) is 15.4. The van der Waals surface area contributed by atoms with E-state index in [2.05, 4.69) is 31.9 Å². The lowest BCUT2D eigenvalue weighted by Crippen LogP contribution is -2.43. The summed E-state index contributed by atoms with van der Waals surface area (Å²) in [6, 6.07) is 0. The fourth-order valence-electron chi connectivity index (χ4n) is 1.87. The highest BCUT2D eigenvalue weighted by Gasteiger charge is 2.46. The van der Waals surface area contributed by atoms with Crippen molar-refractivity contribution in [3.63, 3.8) is 0 Å². The summed E-state index contributed by atoms with van der Waals surface area (Å²) in [6.07, 6.45) is 0.326. The molecular weight excluding hydrogens is 423 g/mol. The minimum absolute atomic E-state index is 0.235. The fraction of sp³-hybridized carbons (Fsp3) is 0.833. The zero-order valence-electron chi connectivity index (χ0n) is 11.3. The number of halogens is 4. The van der Waals surface area contributed by atoms with Gasteiger partial charge in [0, 0.05) is 11.2 Å². The van der Waals surface area contributed by atoms with E-state index in [1.807, 2.05) is 13.8 Å². The van der Waals surface area contributed by atoms with Crippen molar-refractivity contribution in [2.45, 2.75) is 42.2 Å². The lowest BCUT2D eigenvalue weighted by Gasteiger charge is -2.36. The van der Waals surface area contributed by atoms with E-state index in [4.69, 9.17) is 27.9 Å². The molecule has 0 aromatic carbocycles. The van der Waals surface area contributed by atoms with Crippen LogP contribution in [0.25, 0.3) is 0 Å². The molecule has 0 heterocycles. The Morgan fingerprint density at radius 2 is 1.79 bits per heavy atom. The van der Waals surface area contributed by atoms with Gasteiger partial charge in [0.15, 0.2) is 3.24 Å². The third-order valence-electron chi connectivity index (χ3n) is 2.89. The summed E-state index contributed by atoms with van der Waals surface area (Å²) in [5.41, 5.74) is -0.680. The second-order valence-corrected chi connectivity index (χ2v) is 9.76. The van der Waals surface area contributed by atoms with Crippen LogP contribution in [0.2, 0.25) is 0 Å².